The van der Waals surface area contributed by atoms with Crippen molar-refractivity contribution in [3.05, 3.63) is 271 Å². The van der Waals surface area contributed by atoms with Crippen LogP contribution < -0.4 is 4.90 Å². The Bertz CT molecular complexity index is 3060. The van der Waals surface area contributed by atoms with Crippen molar-refractivity contribution < 1.29 is 0 Å². The SMILES string of the molecule is c1ccc(-c2c(-c3ccc(-c4ccc(N(c5ccccc5)c5ccc6c(c5)C(c5ccccc5)(c5ccccc5)c5ccccc5-6)cc4)cc3)ccc3ccccc23)cc1. The van der Waals surface area contributed by atoms with Crippen molar-refractivity contribution in [3.63, 3.8) is 0 Å². The van der Waals surface area contributed by atoms with Gasteiger partial charge in [-0.05, 0) is 114 Å². The van der Waals surface area contributed by atoms with Crippen LogP contribution in [0.2, 0.25) is 0 Å². The highest BCUT2D eigenvalue weighted by atomic mass is 15.1. The summed E-state index contributed by atoms with van der Waals surface area (Å²) < 4.78 is 0. The van der Waals surface area contributed by atoms with Gasteiger partial charge in [0, 0.05) is 17.1 Å². The molecule has 0 N–H and O–H groups in total. The molecular weight excluding hydrogens is 723 g/mol. The van der Waals surface area contributed by atoms with E-state index in [1.54, 1.807) is 0 Å². The van der Waals surface area contributed by atoms with Crippen LogP contribution in [0.15, 0.2) is 249 Å². The highest BCUT2D eigenvalue weighted by Crippen LogP contribution is 2.57. The molecule has 11 rings (SSSR count). The maximum Gasteiger partial charge on any atom is 0.0714 e. The molecule has 0 spiro atoms. The minimum absolute atomic E-state index is 0.475. The number of hydrogen-bond donors (Lipinski definition) is 0. The lowest BCUT2D eigenvalue weighted by atomic mass is 9.67. The second-order valence-corrected chi connectivity index (χ2v) is 15.6. The highest BCUT2D eigenvalue weighted by molar-refractivity contribution is 6.04. The molecule has 0 bridgehead atoms. The third kappa shape index (κ3) is 5.86. The van der Waals surface area contributed by atoms with Crippen LogP contribution in [0.1, 0.15) is 22.3 Å². The Kier molecular flexibility index (Phi) is 8.79. The summed E-state index contributed by atoms with van der Waals surface area (Å²) in [7, 11) is 0. The first kappa shape index (κ1) is 35.4. The van der Waals surface area contributed by atoms with Crippen LogP contribution in [0.3, 0.4) is 0 Å². The number of rotatable bonds is 8. The third-order valence-corrected chi connectivity index (χ3v) is 12.4. The first-order valence-electron chi connectivity index (χ1n) is 20.8. The monoisotopic (exact) mass is 763 g/mol. The number of anilines is 3. The van der Waals surface area contributed by atoms with Gasteiger partial charge in [0.15, 0.2) is 0 Å². The lowest BCUT2D eigenvalue weighted by molar-refractivity contribution is 0.768. The van der Waals surface area contributed by atoms with Crippen molar-refractivity contribution in [3.8, 4) is 44.5 Å². The normalized spacial score (nSPS) is 12.5. The maximum absolute atomic E-state index is 2.44. The van der Waals surface area contributed by atoms with Crippen molar-refractivity contribution in [1.82, 2.24) is 0 Å². The van der Waals surface area contributed by atoms with Gasteiger partial charge in [-0.1, -0.05) is 212 Å². The lowest BCUT2D eigenvalue weighted by Crippen LogP contribution is -2.28. The minimum atomic E-state index is -0.475. The molecule has 282 valence electrons. The molecule has 10 aromatic carbocycles. The van der Waals surface area contributed by atoms with E-state index in [0.717, 1.165) is 17.1 Å². The number of para-hydroxylation sites is 1. The van der Waals surface area contributed by atoms with Crippen LogP contribution in [-0.2, 0) is 5.41 Å². The van der Waals surface area contributed by atoms with E-state index in [0.29, 0.717) is 0 Å². The van der Waals surface area contributed by atoms with Gasteiger partial charge in [-0.25, -0.2) is 0 Å². The van der Waals surface area contributed by atoms with Gasteiger partial charge in [0.2, 0.25) is 0 Å². The molecule has 0 saturated heterocycles. The molecule has 1 aliphatic rings. The fourth-order valence-electron chi connectivity index (χ4n) is 9.67. The number of nitrogens with zero attached hydrogens (tertiary/aromatic N) is 1. The number of benzene rings is 10. The predicted octanol–water partition coefficient (Wildman–Crippen LogP) is 15.7. The number of hydrogen-bond acceptors (Lipinski definition) is 1. The van der Waals surface area contributed by atoms with Gasteiger partial charge in [-0.15, -0.1) is 0 Å². The lowest BCUT2D eigenvalue weighted by Gasteiger charge is -2.35. The van der Waals surface area contributed by atoms with Crippen molar-refractivity contribution in [2.45, 2.75) is 5.41 Å². The Balaban J connectivity index is 0.995. The first-order valence-corrected chi connectivity index (χ1v) is 20.8. The van der Waals surface area contributed by atoms with E-state index < -0.39 is 5.41 Å². The zero-order chi connectivity index (χ0) is 39.9. The maximum atomic E-state index is 2.44. The van der Waals surface area contributed by atoms with E-state index in [-0.39, 0.29) is 0 Å². The van der Waals surface area contributed by atoms with Gasteiger partial charge in [-0.2, -0.15) is 0 Å². The van der Waals surface area contributed by atoms with Crippen LogP contribution in [0.5, 0.6) is 0 Å². The predicted molar refractivity (Wildman–Crippen MR) is 252 cm³/mol. The zero-order valence-electron chi connectivity index (χ0n) is 33.1. The molecule has 0 radical (unpaired) electrons. The smallest absolute Gasteiger partial charge is 0.0714 e. The third-order valence-electron chi connectivity index (χ3n) is 12.4. The molecule has 60 heavy (non-hydrogen) atoms. The number of fused-ring (bicyclic) bond motifs is 4. The van der Waals surface area contributed by atoms with Gasteiger partial charge < -0.3 is 4.90 Å². The van der Waals surface area contributed by atoms with E-state index in [9.17, 15) is 0 Å². The standard InChI is InChI=1S/C59H41N/c1-5-18-46(19-6-1)58-52-26-14-13-17-44(52)35-39-53(58)45-31-29-42(30-32-45)43-33-36-50(37-34-43)60(49-24-11-4-12-25-49)51-38-40-55-54-27-15-16-28-56(54)59(57(55)41-51,47-20-7-2-8-21-47)48-22-9-3-10-23-48/h1-41H. The molecule has 1 heteroatoms. The van der Waals surface area contributed by atoms with Crippen molar-refractivity contribution >= 4 is 27.8 Å². The van der Waals surface area contributed by atoms with Gasteiger partial charge in [0.25, 0.3) is 0 Å². The van der Waals surface area contributed by atoms with Crippen molar-refractivity contribution in [2.24, 2.45) is 0 Å². The van der Waals surface area contributed by atoms with E-state index in [4.69, 9.17) is 0 Å². The molecular formula is C59H41N. The summed E-state index contributed by atoms with van der Waals surface area (Å²) in [4.78, 5) is 2.39. The highest BCUT2D eigenvalue weighted by Gasteiger charge is 2.46. The zero-order valence-corrected chi connectivity index (χ0v) is 33.1. The van der Waals surface area contributed by atoms with Gasteiger partial charge in [0.05, 0.1) is 5.41 Å². The van der Waals surface area contributed by atoms with E-state index in [2.05, 4.69) is 254 Å². The molecule has 0 aromatic heterocycles. The van der Waals surface area contributed by atoms with E-state index in [1.165, 1.54) is 77.5 Å². The molecule has 1 nitrogen and oxygen atoms in total. The van der Waals surface area contributed by atoms with E-state index >= 15 is 0 Å². The first-order chi connectivity index (χ1) is 29.8. The van der Waals surface area contributed by atoms with Crippen LogP contribution >= 0.6 is 0 Å². The summed E-state index contributed by atoms with van der Waals surface area (Å²) in [6.07, 6.45) is 0. The van der Waals surface area contributed by atoms with Gasteiger partial charge >= 0.3 is 0 Å². The largest absolute Gasteiger partial charge is 0.310 e. The molecule has 0 unspecified atom stereocenters. The Morgan fingerprint density at radius 2 is 0.767 bits per heavy atom. The van der Waals surface area contributed by atoms with Crippen molar-refractivity contribution in [1.29, 1.82) is 0 Å². The second kappa shape index (κ2) is 14.9. The van der Waals surface area contributed by atoms with Crippen LogP contribution in [0, 0.1) is 0 Å². The van der Waals surface area contributed by atoms with E-state index in [1.807, 2.05) is 0 Å². The molecule has 1 aliphatic carbocycles. The Hall–Kier alpha value is -7.74. The molecule has 10 aromatic rings. The second-order valence-electron chi connectivity index (χ2n) is 15.6. The van der Waals surface area contributed by atoms with Crippen LogP contribution in [0.4, 0.5) is 17.1 Å². The minimum Gasteiger partial charge on any atom is -0.310 e. The quantitative estimate of drug-likeness (QED) is 0.149. The summed E-state index contributed by atoms with van der Waals surface area (Å²) in [5, 5.41) is 2.51. The molecule has 0 aliphatic heterocycles. The van der Waals surface area contributed by atoms with Gasteiger partial charge in [0.1, 0.15) is 0 Å². The fourth-order valence-corrected chi connectivity index (χ4v) is 9.67. The summed E-state index contributed by atoms with van der Waals surface area (Å²) in [5.41, 5.74) is 17.8. The molecule has 0 heterocycles. The summed E-state index contributed by atoms with van der Waals surface area (Å²) in [6.45, 7) is 0. The summed E-state index contributed by atoms with van der Waals surface area (Å²) in [6, 6.07) is 90.8. The Morgan fingerprint density at radius 3 is 1.45 bits per heavy atom. The molecule has 0 amide bonds. The van der Waals surface area contributed by atoms with Crippen molar-refractivity contribution in [2.75, 3.05) is 4.90 Å². The Morgan fingerprint density at radius 1 is 0.283 bits per heavy atom. The fraction of sp³-hybridized carbons (Fsp3) is 0.0169. The molecule has 0 atom stereocenters. The topological polar surface area (TPSA) is 3.24 Å². The summed E-state index contributed by atoms with van der Waals surface area (Å²) in [5.74, 6) is 0. The Labute approximate surface area is 352 Å². The van der Waals surface area contributed by atoms with Gasteiger partial charge in [-0.3, -0.25) is 0 Å². The molecule has 0 fully saturated rings. The van der Waals surface area contributed by atoms with Crippen LogP contribution in [-0.4, -0.2) is 0 Å². The molecule has 0 saturated carbocycles. The van der Waals surface area contributed by atoms with Crippen LogP contribution in [0.25, 0.3) is 55.3 Å². The average Bonchev–Trinajstić information content (AvgIpc) is 3.63. The summed E-state index contributed by atoms with van der Waals surface area (Å²) >= 11 is 0. The average molecular weight is 764 g/mol.